The minimum Gasteiger partial charge on any atom is -0.271 e. The second-order valence-corrected chi connectivity index (χ2v) is 5.17. The van der Waals surface area contributed by atoms with E-state index in [9.17, 15) is 13.2 Å². The summed E-state index contributed by atoms with van der Waals surface area (Å²) in [6, 6.07) is 1.65. The molecule has 5 heteroatoms. The number of unbranched alkanes of at least 4 members (excludes halogenated alkanes) is 1. The summed E-state index contributed by atoms with van der Waals surface area (Å²) in [6.45, 7) is 4.20. The van der Waals surface area contributed by atoms with E-state index in [-0.39, 0.29) is 6.04 Å². The lowest BCUT2D eigenvalue weighted by atomic mass is 9.89. The van der Waals surface area contributed by atoms with Gasteiger partial charge in [-0.05, 0) is 30.0 Å². The van der Waals surface area contributed by atoms with Crippen LogP contribution in [-0.2, 0) is 0 Å². The van der Waals surface area contributed by atoms with Gasteiger partial charge in [0, 0.05) is 6.04 Å². The number of hydrazine groups is 1. The molecule has 0 heterocycles. The van der Waals surface area contributed by atoms with E-state index in [2.05, 4.69) is 19.3 Å². The first-order valence-corrected chi connectivity index (χ1v) is 7.13. The highest BCUT2D eigenvalue weighted by Crippen LogP contribution is 2.28. The molecule has 0 amide bonds. The molecule has 3 N–H and O–H groups in total. The maximum Gasteiger partial charge on any atom is 0.194 e. The van der Waals surface area contributed by atoms with Gasteiger partial charge in [0.1, 0.15) is 0 Å². The molecule has 0 saturated heterocycles. The molecule has 0 aliphatic heterocycles. The van der Waals surface area contributed by atoms with E-state index in [1.807, 2.05) is 0 Å². The van der Waals surface area contributed by atoms with Gasteiger partial charge >= 0.3 is 0 Å². The molecule has 20 heavy (non-hydrogen) atoms. The largest absolute Gasteiger partial charge is 0.271 e. The predicted molar refractivity (Wildman–Crippen MR) is 74.3 cm³/mol. The van der Waals surface area contributed by atoms with Crippen molar-refractivity contribution < 1.29 is 13.2 Å². The van der Waals surface area contributed by atoms with Crippen LogP contribution in [-0.4, -0.2) is 0 Å². The van der Waals surface area contributed by atoms with Crippen LogP contribution in [0.25, 0.3) is 0 Å². The molecule has 1 aromatic rings. The number of halogens is 3. The quantitative estimate of drug-likeness (QED) is 0.427. The zero-order valence-electron chi connectivity index (χ0n) is 12.1. The Morgan fingerprint density at radius 1 is 1.15 bits per heavy atom. The summed E-state index contributed by atoms with van der Waals surface area (Å²) in [5, 5.41) is 0. The summed E-state index contributed by atoms with van der Waals surface area (Å²) in [6.07, 6.45) is 4.93. The minimum absolute atomic E-state index is 0.346. The highest BCUT2D eigenvalue weighted by Gasteiger charge is 2.19. The molecule has 0 aliphatic rings. The normalized spacial score (nSPS) is 14.3. The van der Waals surface area contributed by atoms with Gasteiger partial charge in [0.25, 0.3) is 0 Å². The van der Waals surface area contributed by atoms with Gasteiger partial charge in [0.15, 0.2) is 17.5 Å². The fraction of sp³-hybridized carbons (Fsp3) is 0.600. The lowest BCUT2D eigenvalue weighted by Gasteiger charge is -2.22. The van der Waals surface area contributed by atoms with E-state index in [0.717, 1.165) is 37.8 Å². The highest BCUT2D eigenvalue weighted by atomic mass is 19.2. The van der Waals surface area contributed by atoms with E-state index >= 15 is 0 Å². The SMILES string of the molecule is CCCCC(CC)CC(NN)c1cc(F)c(F)c(F)c1. The van der Waals surface area contributed by atoms with Crippen molar-refractivity contribution >= 4 is 0 Å². The Balaban J connectivity index is 2.84. The Bertz CT molecular complexity index is 401. The average molecular weight is 288 g/mol. The van der Waals surface area contributed by atoms with Gasteiger partial charge in [-0.3, -0.25) is 11.3 Å². The lowest BCUT2D eigenvalue weighted by molar-refractivity contribution is 0.353. The molecule has 0 aliphatic carbocycles. The molecular formula is C15H23F3N2. The fourth-order valence-electron chi connectivity index (χ4n) is 2.39. The molecular weight excluding hydrogens is 265 g/mol. The molecule has 114 valence electrons. The third kappa shape index (κ3) is 4.49. The molecule has 2 unspecified atom stereocenters. The van der Waals surface area contributed by atoms with Gasteiger partial charge in [-0.2, -0.15) is 0 Å². The van der Waals surface area contributed by atoms with Gasteiger partial charge < -0.3 is 0 Å². The summed E-state index contributed by atoms with van der Waals surface area (Å²) in [4.78, 5) is 0. The number of rotatable bonds is 8. The Morgan fingerprint density at radius 2 is 1.75 bits per heavy atom. The summed E-state index contributed by atoms with van der Waals surface area (Å²) in [5.41, 5.74) is 2.92. The number of benzene rings is 1. The summed E-state index contributed by atoms with van der Waals surface area (Å²) in [7, 11) is 0. The Morgan fingerprint density at radius 3 is 2.20 bits per heavy atom. The van der Waals surface area contributed by atoms with E-state index in [4.69, 9.17) is 5.84 Å². The van der Waals surface area contributed by atoms with Gasteiger partial charge in [0.05, 0.1) is 0 Å². The van der Waals surface area contributed by atoms with Crippen molar-refractivity contribution in [3.63, 3.8) is 0 Å². The first-order valence-electron chi connectivity index (χ1n) is 7.13. The molecule has 2 nitrogen and oxygen atoms in total. The molecule has 1 aromatic carbocycles. The standard InChI is InChI=1S/C15H23F3N2/c1-3-5-6-10(4-2)7-14(20-19)11-8-12(16)15(18)13(17)9-11/h8-10,14,20H,3-7,19H2,1-2H3. The second kappa shape index (κ2) is 8.27. The lowest BCUT2D eigenvalue weighted by Crippen LogP contribution is -2.30. The molecule has 0 spiro atoms. The zero-order valence-corrected chi connectivity index (χ0v) is 12.1. The average Bonchev–Trinajstić information content (AvgIpc) is 2.44. The van der Waals surface area contributed by atoms with E-state index in [1.165, 1.54) is 0 Å². The molecule has 2 atom stereocenters. The molecule has 0 fully saturated rings. The van der Waals surface area contributed by atoms with Crippen LogP contribution in [0.4, 0.5) is 13.2 Å². The maximum absolute atomic E-state index is 13.3. The van der Waals surface area contributed by atoms with Crippen molar-refractivity contribution in [2.24, 2.45) is 11.8 Å². The third-order valence-corrected chi connectivity index (χ3v) is 3.72. The van der Waals surface area contributed by atoms with Crippen molar-refractivity contribution in [2.45, 2.75) is 52.0 Å². The van der Waals surface area contributed by atoms with Gasteiger partial charge in [-0.15, -0.1) is 0 Å². The number of hydrogen-bond donors (Lipinski definition) is 2. The monoisotopic (exact) mass is 288 g/mol. The summed E-state index contributed by atoms with van der Waals surface area (Å²) in [5.74, 6) is 2.11. The van der Waals surface area contributed by atoms with E-state index < -0.39 is 17.5 Å². The number of nitrogens with two attached hydrogens (primary N) is 1. The van der Waals surface area contributed by atoms with Crippen molar-refractivity contribution in [1.29, 1.82) is 0 Å². The number of nitrogens with one attached hydrogen (secondary N) is 1. The van der Waals surface area contributed by atoms with Crippen LogP contribution in [0.5, 0.6) is 0 Å². The smallest absolute Gasteiger partial charge is 0.194 e. The minimum atomic E-state index is -1.44. The van der Waals surface area contributed by atoms with Gasteiger partial charge in [-0.25, -0.2) is 13.2 Å². The second-order valence-electron chi connectivity index (χ2n) is 5.17. The van der Waals surface area contributed by atoms with Crippen LogP contribution in [0.3, 0.4) is 0 Å². The fourth-order valence-corrected chi connectivity index (χ4v) is 2.39. The first-order chi connectivity index (χ1) is 9.53. The predicted octanol–water partition coefficient (Wildman–Crippen LogP) is 4.21. The van der Waals surface area contributed by atoms with Crippen LogP contribution in [0.2, 0.25) is 0 Å². The van der Waals surface area contributed by atoms with Crippen molar-refractivity contribution in [3.05, 3.63) is 35.1 Å². The molecule has 0 saturated carbocycles. The van der Waals surface area contributed by atoms with Crippen molar-refractivity contribution in [1.82, 2.24) is 5.43 Å². The van der Waals surface area contributed by atoms with Crippen molar-refractivity contribution in [3.8, 4) is 0 Å². The maximum atomic E-state index is 13.3. The van der Waals surface area contributed by atoms with E-state index in [1.54, 1.807) is 0 Å². The van der Waals surface area contributed by atoms with Crippen molar-refractivity contribution in [2.75, 3.05) is 0 Å². The van der Waals surface area contributed by atoms with Gasteiger partial charge in [-0.1, -0.05) is 39.5 Å². The van der Waals surface area contributed by atoms with Crippen LogP contribution >= 0.6 is 0 Å². The van der Waals surface area contributed by atoms with Crippen LogP contribution in [0.15, 0.2) is 12.1 Å². The van der Waals surface area contributed by atoms with Crippen LogP contribution in [0.1, 0.15) is 57.6 Å². The summed E-state index contributed by atoms with van der Waals surface area (Å²) < 4.78 is 39.5. The third-order valence-electron chi connectivity index (χ3n) is 3.72. The Kier molecular flexibility index (Phi) is 7.02. The van der Waals surface area contributed by atoms with Crippen LogP contribution < -0.4 is 11.3 Å². The van der Waals surface area contributed by atoms with E-state index in [0.29, 0.717) is 17.9 Å². The molecule has 0 radical (unpaired) electrons. The zero-order chi connectivity index (χ0) is 15.1. The summed E-state index contributed by atoms with van der Waals surface area (Å²) >= 11 is 0. The highest BCUT2D eigenvalue weighted by molar-refractivity contribution is 5.22. The molecule has 0 bridgehead atoms. The number of hydrogen-bond acceptors (Lipinski definition) is 2. The van der Waals surface area contributed by atoms with Crippen LogP contribution in [0, 0.1) is 23.4 Å². The molecule has 0 aromatic heterocycles. The first kappa shape index (κ1) is 17.0. The topological polar surface area (TPSA) is 38.0 Å². The Labute approximate surface area is 118 Å². The van der Waals surface area contributed by atoms with Gasteiger partial charge in [0.2, 0.25) is 0 Å². The Hall–Kier alpha value is -1.07. The molecule has 1 rings (SSSR count).